The molecule has 5 heteroatoms. The molecule has 0 aromatic heterocycles. The number of hydrogen-bond acceptors (Lipinski definition) is 4. The molecule has 2 N–H and O–H groups in total. The van der Waals surface area contributed by atoms with Gasteiger partial charge < -0.3 is 15.2 Å². The van der Waals surface area contributed by atoms with Gasteiger partial charge in [0.1, 0.15) is 5.75 Å². The molecule has 1 aromatic carbocycles. The molecule has 0 heterocycles. The van der Waals surface area contributed by atoms with Crippen molar-refractivity contribution < 1.29 is 14.6 Å². The molecule has 0 aliphatic heterocycles. The fourth-order valence-corrected chi connectivity index (χ4v) is 2.02. The first-order valence-corrected chi connectivity index (χ1v) is 7.37. The molecule has 5 nitrogen and oxygen atoms in total. The number of ether oxygens (including phenoxy) is 1. The lowest BCUT2D eigenvalue weighted by Crippen LogP contribution is -2.41. The summed E-state index contributed by atoms with van der Waals surface area (Å²) in [7, 11) is 0. The number of nitrogens with one attached hydrogen (secondary N) is 1. The topological polar surface area (TPSA) is 61.8 Å². The van der Waals surface area contributed by atoms with Crippen LogP contribution in [0.15, 0.2) is 24.3 Å². The molecule has 0 saturated carbocycles. The molecule has 0 saturated heterocycles. The zero-order chi connectivity index (χ0) is 15.8. The van der Waals surface area contributed by atoms with E-state index in [0.717, 1.165) is 0 Å². The minimum Gasteiger partial charge on any atom is -0.492 e. The van der Waals surface area contributed by atoms with Crippen molar-refractivity contribution in [1.82, 2.24) is 4.90 Å². The van der Waals surface area contributed by atoms with Crippen LogP contribution in [0.1, 0.15) is 27.7 Å². The van der Waals surface area contributed by atoms with E-state index in [9.17, 15) is 9.90 Å². The Morgan fingerprint density at radius 3 is 2.57 bits per heavy atom. The van der Waals surface area contributed by atoms with Gasteiger partial charge in [-0.3, -0.25) is 9.69 Å². The molecule has 0 bridgehead atoms. The van der Waals surface area contributed by atoms with Crippen molar-refractivity contribution in [2.75, 3.05) is 25.0 Å². The van der Waals surface area contributed by atoms with Gasteiger partial charge in [0.25, 0.3) is 0 Å². The lowest BCUT2D eigenvalue weighted by Gasteiger charge is -2.27. The first-order chi connectivity index (χ1) is 9.93. The molecular formula is C16H26N2O3. The zero-order valence-electron chi connectivity index (χ0n) is 13.3. The summed E-state index contributed by atoms with van der Waals surface area (Å²) >= 11 is 0. The highest BCUT2D eigenvalue weighted by Crippen LogP contribution is 2.23. The number of para-hydroxylation sites is 2. The third-order valence-electron chi connectivity index (χ3n) is 3.04. The number of nitrogens with zero attached hydrogens (tertiary/aromatic N) is 1. The molecular weight excluding hydrogens is 268 g/mol. The van der Waals surface area contributed by atoms with Crippen LogP contribution in [0.5, 0.6) is 5.75 Å². The van der Waals surface area contributed by atoms with Crippen molar-refractivity contribution in [3.8, 4) is 5.75 Å². The first-order valence-electron chi connectivity index (χ1n) is 7.37. The van der Waals surface area contributed by atoms with Crippen molar-refractivity contribution in [3.63, 3.8) is 0 Å². The largest absolute Gasteiger partial charge is 0.492 e. The molecule has 0 spiro atoms. The molecule has 0 aliphatic carbocycles. The minimum absolute atomic E-state index is 0.114. The van der Waals surface area contributed by atoms with E-state index in [-0.39, 0.29) is 18.5 Å². The summed E-state index contributed by atoms with van der Waals surface area (Å²) in [5.41, 5.74) is 0.671. The highest BCUT2D eigenvalue weighted by molar-refractivity contribution is 5.93. The predicted octanol–water partition coefficient (Wildman–Crippen LogP) is 2.11. The maximum absolute atomic E-state index is 12.2. The van der Waals surface area contributed by atoms with Crippen LogP contribution in [0.4, 0.5) is 5.69 Å². The number of hydrogen-bond donors (Lipinski definition) is 2. The monoisotopic (exact) mass is 294 g/mol. The standard InChI is InChI=1S/C16H26N2O3/c1-5-21-15-9-7-6-8-14(15)17-16(20)11-18(12(2)3)10-13(4)19/h6-9,12-13,19H,5,10-11H2,1-4H3,(H,17,20). The quantitative estimate of drug-likeness (QED) is 0.771. The van der Waals surface area contributed by atoms with Gasteiger partial charge in [-0.15, -0.1) is 0 Å². The molecule has 1 aromatic rings. The number of amides is 1. The fourth-order valence-electron chi connectivity index (χ4n) is 2.02. The maximum atomic E-state index is 12.2. The number of carbonyl (C=O) groups is 1. The van der Waals surface area contributed by atoms with Crippen LogP contribution in [0.3, 0.4) is 0 Å². The summed E-state index contributed by atoms with van der Waals surface area (Å²) in [6, 6.07) is 7.56. The van der Waals surface area contributed by atoms with Gasteiger partial charge in [-0.1, -0.05) is 12.1 Å². The fraction of sp³-hybridized carbons (Fsp3) is 0.562. The van der Waals surface area contributed by atoms with Gasteiger partial charge in [-0.05, 0) is 39.8 Å². The van der Waals surface area contributed by atoms with Gasteiger partial charge in [0.2, 0.25) is 5.91 Å². The van der Waals surface area contributed by atoms with Crippen molar-refractivity contribution >= 4 is 11.6 Å². The molecule has 1 rings (SSSR count). The summed E-state index contributed by atoms with van der Waals surface area (Å²) < 4.78 is 5.49. The maximum Gasteiger partial charge on any atom is 0.238 e. The molecule has 1 unspecified atom stereocenters. The van der Waals surface area contributed by atoms with E-state index >= 15 is 0 Å². The summed E-state index contributed by atoms with van der Waals surface area (Å²) in [6.45, 7) is 8.89. The molecule has 0 aliphatic rings. The van der Waals surface area contributed by atoms with Crippen molar-refractivity contribution in [1.29, 1.82) is 0 Å². The number of rotatable bonds is 8. The van der Waals surface area contributed by atoms with Crippen LogP contribution < -0.4 is 10.1 Å². The van der Waals surface area contributed by atoms with E-state index in [1.165, 1.54) is 0 Å². The van der Waals surface area contributed by atoms with E-state index < -0.39 is 6.10 Å². The summed E-state index contributed by atoms with van der Waals surface area (Å²) in [4.78, 5) is 14.1. The van der Waals surface area contributed by atoms with Gasteiger partial charge in [-0.25, -0.2) is 0 Å². The summed E-state index contributed by atoms with van der Waals surface area (Å²) in [5.74, 6) is 0.552. The number of carbonyl (C=O) groups excluding carboxylic acids is 1. The van der Waals surface area contributed by atoms with E-state index in [1.54, 1.807) is 6.92 Å². The average Bonchev–Trinajstić information content (AvgIpc) is 2.40. The highest BCUT2D eigenvalue weighted by Gasteiger charge is 2.16. The van der Waals surface area contributed by atoms with Crippen molar-refractivity contribution in [3.05, 3.63) is 24.3 Å². The SMILES string of the molecule is CCOc1ccccc1NC(=O)CN(CC(C)O)C(C)C. The number of benzene rings is 1. The molecule has 1 atom stereocenters. The lowest BCUT2D eigenvalue weighted by molar-refractivity contribution is -0.118. The van der Waals surface area contributed by atoms with Gasteiger partial charge in [0, 0.05) is 12.6 Å². The molecule has 0 fully saturated rings. The zero-order valence-corrected chi connectivity index (χ0v) is 13.3. The Bertz CT molecular complexity index is 447. The Labute approximate surface area is 126 Å². The summed E-state index contributed by atoms with van der Waals surface area (Å²) in [6.07, 6.45) is -0.462. The normalized spacial score (nSPS) is 12.5. The highest BCUT2D eigenvalue weighted by atomic mass is 16.5. The number of aliphatic hydroxyl groups is 1. The molecule has 0 radical (unpaired) electrons. The lowest BCUT2D eigenvalue weighted by atomic mass is 10.2. The average molecular weight is 294 g/mol. The Kier molecular flexibility index (Phi) is 7.19. The molecule has 1 amide bonds. The van der Waals surface area contributed by atoms with Crippen LogP contribution in [0, 0.1) is 0 Å². The van der Waals surface area contributed by atoms with Crippen LogP contribution in [0.25, 0.3) is 0 Å². The Hall–Kier alpha value is -1.59. The van der Waals surface area contributed by atoms with Crippen molar-refractivity contribution in [2.45, 2.75) is 39.8 Å². The van der Waals surface area contributed by atoms with Gasteiger partial charge in [-0.2, -0.15) is 0 Å². The first kappa shape index (κ1) is 17.5. The van der Waals surface area contributed by atoms with Crippen LogP contribution in [-0.4, -0.2) is 47.8 Å². The van der Waals surface area contributed by atoms with Gasteiger partial charge in [0.05, 0.1) is 24.9 Å². The second-order valence-corrected chi connectivity index (χ2v) is 5.35. The van der Waals surface area contributed by atoms with Crippen LogP contribution in [-0.2, 0) is 4.79 Å². The van der Waals surface area contributed by atoms with Gasteiger partial charge in [0.15, 0.2) is 0 Å². The van der Waals surface area contributed by atoms with E-state index in [1.807, 2.05) is 49.9 Å². The summed E-state index contributed by atoms with van der Waals surface area (Å²) in [5, 5.41) is 12.4. The Morgan fingerprint density at radius 1 is 1.33 bits per heavy atom. The predicted molar refractivity (Wildman–Crippen MR) is 84.6 cm³/mol. The second-order valence-electron chi connectivity index (χ2n) is 5.35. The van der Waals surface area contributed by atoms with E-state index in [0.29, 0.717) is 24.6 Å². The van der Waals surface area contributed by atoms with Crippen molar-refractivity contribution in [2.24, 2.45) is 0 Å². The van der Waals surface area contributed by atoms with E-state index in [4.69, 9.17) is 4.74 Å². The minimum atomic E-state index is -0.462. The Morgan fingerprint density at radius 2 is 2.00 bits per heavy atom. The molecule has 118 valence electrons. The Balaban J connectivity index is 2.67. The van der Waals surface area contributed by atoms with E-state index in [2.05, 4.69) is 5.32 Å². The molecule has 21 heavy (non-hydrogen) atoms. The third kappa shape index (κ3) is 6.14. The van der Waals surface area contributed by atoms with Gasteiger partial charge >= 0.3 is 0 Å². The number of anilines is 1. The number of aliphatic hydroxyl groups excluding tert-OH is 1. The van der Waals surface area contributed by atoms with Crippen LogP contribution in [0.2, 0.25) is 0 Å². The smallest absolute Gasteiger partial charge is 0.238 e. The third-order valence-corrected chi connectivity index (χ3v) is 3.04. The second kappa shape index (κ2) is 8.64. The van der Waals surface area contributed by atoms with Crippen LogP contribution >= 0.6 is 0 Å².